The van der Waals surface area contributed by atoms with Crippen LogP contribution >= 0.6 is 11.6 Å². The van der Waals surface area contributed by atoms with E-state index in [0.29, 0.717) is 22.5 Å². The highest BCUT2D eigenvalue weighted by Gasteiger charge is 2.20. The van der Waals surface area contributed by atoms with Crippen molar-refractivity contribution in [3.05, 3.63) is 64.4 Å². The van der Waals surface area contributed by atoms with Crippen LogP contribution < -0.4 is 15.4 Å². The lowest BCUT2D eigenvalue weighted by Crippen LogP contribution is -2.21. The zero-order valence-corrected chi connectivity index (χ0v) is 16.6. The van der Waals surface area contributed by atoms with Gasteiger partial charge in [0.05, 0.1) is 24.2 Å². The molecule has 1 heterocycles. The fourth-order valence-corrected chi connectivity index (χ4v) is 2.77. The molecule has 0 aliphatic carbocycles. The van der Waals surface area contributed by atoms with Crippen molar-refractivity contribution in [1.82, 2.24) is 15.0 Å². The van der Waals surface area contributed by atoms with E-state index in [4.69, 9.17) is 16.3 Å². The second kappa shape index (κ2) is 8.87. The molecular weight excluding hydrogens is 420 g/mol. The lowest BCUT2D eigenvalue weighted by molar-refractivity contribution is -0.117. The Morgan fingerprint density at radius 2 is 1.90 bits per heavy atom. The van der Waals surface area contributed by atoms with Crippen molar-refractivity contribution in [2.45, 2.75) is 13.5 Å². The van der Waals surface area contributed by atoms with E-state index in [1.807, 2.05) is 0 Å². The van der Waals surface area contributed by atoms with E-state index >= 15 is 0 Å². The molecule has 8 nitrogen and oxygen atoms in total. The van der Waals surface area contributed by atoms with Crippen molar-refractivity contribution < 1.29 is 23.1 Å². The molecule has 2 amide bonds. The van der Waals surface area contributed by atoms with Crippen LogP contribution in [0.15, 0.2) is 36.4 Å². The average molecular weight is 436 g/mol. The lowest BCUT2D eigenvalue weighted by atomic mass is 10.2. The molecule has 0 saturated carbocycles. The van der Waals surface area contributed by atoms with Gasteiger partial charge < -0.3 is 15.4 Å². The predicted octanol–water partition coefficient (Wildman–Crippen LogP) is 3.42. The Hall–Kier alpha value is -3.53. The fraction of sp³-hybridized carbons (Fsp3) is 0.158. The first kappa shape index (κ1) is 21.2. The molecule has 0 bridgehead atoms. The Morgan fingerprint density at radius 3 is 2.60 bits per heavy atom. The maximum Gasteiger partial charge on any atom is 0.278 e. The number of benzene rings is 2. The van der Waals surface area contributed by atoms with E-state index < -0.39 is 23.4 Å². The highest BCUT2D eigenvalue weighted by molar-refractivity contribution is 6.31. The standard InChI is InChI=1S/C19H16ClF2N5O3/c1-10-18(19(29)24-14-5-4-12(21)8-13(14)22)25-26-27(10)9-17(28)23-15-7-11(20)3-6-16(15)30-2/h3-8H,9H2,1-2H3,(H,23,28)(H,24,29). The lowest BCUT2D eigenvalue weighted by Gasteiger charge is -2.11. The summed E-state index contributed by atoms with van der Waals surface area (Å²) in [5.74, 6) is -2.48. The van der Waals surface area contributed by atoms with Gasteiger partial charge in [0.2, 0.25) is 5.91 Å². The number of halogens is 3. The SMILES string of the molecule is COc1ccc(Cl)cc1NC(=O)Cn1nnc(C(=O)Nc2ccc(F)cc2F)c1C. The van der Waals surface area contributed by atoms with Gasteiger partial charge in [0.1, 0.15) is 23.9 Å². The summed E-state index contributed by atoms with van der Waals surface area (Å²) in [6.45, 7) is 1.29. The molecule has 0 unspecified atom stereocenters. The normalized spacial score (nSPS) is 10.6. The van der Waals surface area contributed by atoms with Gasteiger partial charge in [-0.15, -0.1) is 5.10 Å². The van der Waals surface area contributed by atoms with Crippen LogP contribution in [0.5, 0.6) is 5.75 Å². The summed E-state index contributed by atoms with van der Waals surface area (Å²) in [6.07, 6.45) is 0. The van der Waals surface area contributed by atoms with Gasteiger partial charge in [0.15, 0.2) is 5.69 Å². The molecule has 0 atom stereocenters. The van der Waals surface area contributed by atoms with E-state index in [2.05, 4.69) is 20.9 Å². The minimum atomic E-state index is -0.928. The van der Waals surface area contributed by atoms with Crippen LogP contribution in [-0.2, 0) is 11.3 Å². The molecule has 30 heavy (non-hydrogen) atoms. The van der Waals surface area contributed by atoms with Crippen LogP contribution in [0.4, 0.5) is 20.2 Å². The van der Waals surface area contributed by atoms with Crippen LogP contribution in [0, 0.1) is 18.6 Å². The zero-order chi connectivity index (χ0) is 21.8. The van der Waals surface area contributed by atoms with Gasteiger partial charge in [-0.05, 0) is 37.3 Å². The molecule has 2 N–H and O–H groups in total. The quantitative estimate of drug-likeness (QED) is 0.618. The third kappa shape index (κ3) is 4.71. The molecule has 3 aromatic rings. The Balaban J connectivity index is 1.71. The topological polar surface area (TPSA) is 98.1 Å². The van der Waals surface area contributed by atoms with Crippen LogP contribution in [-0.4, -0.2) is 33.9 Å². The molecule has 0 saturated heterocycles. The number of amides is 2. The Labute approximate surface area is 174 Å². The van der Waals surface area contributed by atoms with E-state index in [1.165, 1.54) is 24.8 Å². The molecule has 2 aromatic carbocycles. The van der Waals surface area contributed by atoms with Gasteiger partial charge in [-0.25, -0.2) is 13.5 Å². The maximum atomic E-state index is 13.7. The number of aromatic nitrogens is 3. The summed E-state index contributed by atoms with van der Waals surface area (Å²) < 4.78 is 33.1. The highest BCUT2D eigenvalue weighted by Crippen LogP contribution is 2.27. The minimum absolute atomic E-state index is 0.105. The first-order valence-corrected chi connectivity index (χ1v) is 8.96. The molecular formula is C19H16ClF2N5O3. The van der Waals surface area contributed by atoms with Crippen LogP contribution in [0.3, 0.4) is 0 Å². The van der Waals surface area contributed by atoms with Crippen molar-refractivity contribution in [2.75, 3.05) is 17.7 Å². The van der Waals surface area contributed by atoms with E-state index in [9.17, 15) is 18.4 Å². The zero-order valence-electron chi connectivity index (χ0n) is 15.9. The number of nitrogens with one attached hydrogen (secondary N) is 2. The number of carbonyl (C=O) groups excluding carboxylic acids is 2. The van der Waals surface area contributed by atoms with Crippen LogP contribution in [0.2, 0.25) is 5.02 Å². The molecule has 0 radical (unpaired) electrons. The van der Waals surface area contributed by atoms with Crippen LogP contribution in [0.25, 0.3) is 0 Å². The number of carbonyl (C=O) groups is 2. The molecule has 11 heteroatoms. The molecule has 156 valence electrons. The first-order chi connectivity index (χ1) is 14.3. The second-order valence-corrected chi connectivity index (χ2v) is 6.59. The van der Waals surface area contributed by atoms with Crippen molar-refractivity contribution in [1.29, 1.82) is 0 Å². The summed E-state index contributed by atoms with van der Waals surface area (Å²) in [6, 6.07) is 7.50. The number of nitrogens with zero attached hydrogens (tertiary/aromatic N) is 3. The van der Waals surface area contributed by atoms with Crippen molar-refractivity contribution >= 4 is 34.8 Å². The van der Waals surface area contributed by atoms with Gasteiger partial charge >= 0.3 is 0 Å². The summed E-state index contributed by atoms with van der Waals surface area (Å²) in [7, 11) is 1.45. The van der Waals surface area contributed by atoms with Crippen molar-refractivity contribution in [2.24, 2.45) is 0 Å². The van der Waals surface area contributed by atoms with E-state index in [0.717, 1.165) is 12.1 Å². The third-order valence-corrected chi connectivity index (χ3v) is 4.34. The second-order valence-electron chi connectivity index (χ2n) is 6.15. The first-order valence-electron chi connectivity index (χ1n) is 8.58. The van der Waals surface area contributed by atoms with Crippen molar-refractivity contribution in [3.8, 4) is 5.75 Å². The number of anilines is 2. The van der Waals surface area contributed by atoms with Gasteiger partial charge in [-0.1, -0.05) is 16.8 Å². The maximum absolute atomic E-state index is 13.7. The summed E-state index contributed by atoms with van der Waals surface area (Å²) >= 11 is 5.94. The molecule has 0 aliphatic rings. The minimum Gasteiger partial charge on any atom is -0.495 e. The molecule has 0 spiro atoms. The Morgan fingerprint density at radius 1 is 1.13 bits per heavy atom. The Bertz CT molecular complexity index is 1120. The molecule has 0 fully saturated rings. The number of hydrogen-bond donors (Lipinski definition) is 2. The van der Waals surface area contributed by atoms with Gasteiger partial charge in [0.25, 0.3) is 5.91 Å². The van der Waals surface area contributed by atoms with Gasteiger partial charge in [0, 0.05) is 11.1 Å². The molecule has 0 aliphatic heterocycles. The number of methoxy groups -OCH3 is 1. The van der Waals surface area contributed by atoms with E-state index in [1.54, 1.807) is 12.1 Å². The van der Waals surface area contributed by atoms with E-state index in [-0.39, 0.29) is 23.6 Å². The molecule has 3 rings (SSSR count). The largest absolute Gasteiger partial charge is 0.495 e. The highest BCUT2D eigenvalue weighted by atomic mass is 35.5. The summed E-state index contributed by atoms with van der Waals surface area (Å²) in [5.41, 5.74) is 0.341. The van der Waals surface area contributed by atoms with Crippen LogP contribution in [0.1, 0.15) is 16.2 Å². The number of rotatable bonds is 6. The van der Waals surface area contributed by atoms with Gasteiger partial charge in [-0.2, -0.15) is 0 Å². The molecule has 1 aromatic heterocycles. The fourth-order valence-electron chi connectivity index (χ4n) is 2.60. The summed E-state index contributed by atoms with van der Waals surface area (Å²) in [4.78, 5) is 24.7. The number of hydrogen-bond acceptors (Lipinski definition) is 5. The summed E-state index contributed by atoms with van der Waals surface area (Å²) in [5, 5.41) is 12.9. The monoisotopic (exact) mass is 435 g/mol. The third-order valence-electron chi connectivity index (χ3n) is 4.11. The smallest absolute Gasteiger partial charge is 0.278 e. The van der Waals surface area contributed by atoms with Gasteiger partial charge in [-0.3, -0.25) is 9.59 Å². The predicted molar refractivity (Wildman–Crippen MR) is 106 cm³/mol. The average Bonchev–Trinajstić information content (AvgIpc) is 3.04. The number of ether oxygens (including phenoxy) is 1. The Kier molecular flexibility index (Phi) is 6.26. The van der Waals surface area contributed by atoms with Crippen molar-refractivity contribution in [3.63, 3.8) is 0 Å².